The topological polar surface area (TPSA) is 35.5 Å². The summed E-state index contributed by atoms with van der Waals surface area (Å²) in [5.74, 6) is 0.674. The molecule has 0 saturated heterocycles. The van der Waals surface area contributed by atoms with Gasteiger partial charge in [-0.2, -0.15) is 0 Å². The summed E-state index contributed by atoms with van der Waals surface area (Å²) in [6, 6.07) is 8.30. The lowest BCUT2D eigenvalue weighted by Gasteiger charge is -2.17. The molecule has 1 aliphatic heterocycles. The molecular weight excluding hydrogens is 272 g/mol. The number of hydrogen-bond acceptors (Lipinski definition) is 4. The molecule has 2 aromatic rings. The van der Waals surface area contributed by atoms with Gasteiger partial charge >= 0.3 is 5.97 Å². The SMILES string of the molecule is CC(=O)OC(C)c1cc2c(s1)-c1cc(C)ccc1OC2. The molecule has 1 aromatic carbocycles. The van der Waals surface area contributed by atoms with Crippen molar-refractivity contribution in [1.82, 2.24) is 0 Å². The lowest BCUT2D eigenvalue weighted by atomic mass is 10.0. The van der Waals surface area contributed by atoms with Gasteiger partial charge in [0, 0.05) is 27.8 Å². The summed E-state index contributed by atoms with van der Waals surface area (Å²) in [7, 11) is 0. The van der Waals surface area contributed by atoms with Gasteiger partial charge in [0.2, 0.25) is 0 Å². The second kappa shape index (κ2) is 4.94. The zero-order chi connectivity index (χ0) is 14.3. The van der Waals surface area contributed by atoms with Gasteiger partial charge in [0.15, 0.2) is 0 Å². The molecule has 0 amide bonds. The Kier molecular flexibility index (Phi) is 3.26. The summed E-state index contributed by atoms with van der Waals surface area (Å²) >= 11 is 1.68. The van der Waals surface area contributed by atoms with Crippen LogP contribution in [0.15, 0.2) is 24.3 Å². The van der Waals surface area contributed by atoms with Gasteiger partial charge in [0.25, 0.3) is 0 Å². The maximum absolute atomic E-state index is 11.1. The van der Waals surface area contributed by atoms with Crippen LogP contribution in [0.4, 0.5) is 0 Å². The molecule has 0 radical (unpaired) electrons. The molecule has 1 atom stereocenters. The summed E-state index contributed by atoms with van der Waals surface area (Å²) in [6.07, 6.45) is -0.212. The molecule has 4 heteroatoms. The van der Waals surface area contributed by atoms with E-state index in [0.717, 1.165) is 16.2 Å². The second-order valence-corrected chi connectivity index (χ2v) is 6.13. The Labute approximate surface area is 122 Å². The van der Waals surface area contributed by atoms with Crippen molar-refractivity contribution in [2.24, 2.45) is 0 Å². The van der Waals surface area contributed by atoms with Crippen molar-refractivity contribution < 1.29 is 14.3 Å². The number of carbonyl (C=O) groups excluding carboxylic acids is 1. The minimum absolute atomic E-state index is 0.212. The van der Waals surface area contributed by atoms with Crippen LogP contribution in [0.5, 0.6) is 5.75 Å². The molecule has 0 saturated carbocycles. The smallest absolute Gasteiger partial charge is 0.303 e. The largest absolute Gasteiger partial charge is 0.488 e. The molecule has 3 nitrogen and oxygen atoms in total. The summed E-state index contributed by atoms with van der Waals surface area (Å²) in [5, 5.41) is 0. The van der Waals surface area contributed by atoms with Gasteiger partial charge in [0.1, 0.15) is 18.5 Å². The summed E-state index contributed by atoms with van der Waals surface area (Å²) < 4.78 is 11.0. The molecule has 104 valence electrons. The first kappa shape index (κ1) is 13.2. The number of rotatable bonds is 2. The van der Waals surface area contributed by atoms with Gasteiger partial charge < -0.3 is 9.47 Å². The van der Waals surface area contributed by atoms with Gasteiger partial charge in [-0.1, -0.05) is 11.6 Å². The van der Waals surface area contributed by atoms with Crippen molar-refractivity contribution in [3.8, 4) is 16.2 Å². The van der Waals surface area contributed by atoms with Gasteiger partial charge in [-0.25, -0.2) is 0 Å². The zero-order valence-corrected chi connectivity index (χ0v) is 12.5. The molecule has 0 N–H and O–H groups in total. The number of esters is 1. The van der Waals surface area contributed by atoms with E-state index in [1.165, 1.54) is 22.9 Å². The fourth-order valence-electron chi connectivity index (χ4n) is 2.40. The highest BCUT2D eigenvalue weighted by Crippen LogP contribution is 2.44. The summed E-state index contributed by atoms with van der Waals surface area (Å²) in [6.45, 7) is 5.99. The van der Waals surface area contributed by atoms with Crippen LogP contribution in [-0.2, 0) is 16.1 Å². The molecule has 20 heavy (non-hydrogen) atoms. The minimum atomic E-state index is -0.253. The molecule has 1 aliphatic rings. The van der Waals surface area contributed by atoms with Gasteiger partial charge in [-0.05, 0) is 32.0 Å². The third kappa shape index (κ3) is 2.31. The maximum Gasteiger partial charge on any atom is 0.303 e. The Balaban J connectivity index is 2.01. The van der Waals surface area contributed by atoms with Crippen molar-refractivity contribution in [2.75, 3.05) is 0 Å². The Bertz CT molecular complexity index is 672. The molecule has 0 fully saturated rings. The third-order valence-electron chi connectivity index (χ3n) is 3.33. The van der Waals surface area contributed by atoms with Crippen LogP contribution in [0.25, 0.3) is 10.4 Å². The van der Waals surface area contributed by atoms with E-state index in [2.05, 4.69) is 25.1 Å². The summed E-state index contributed by atoms with van der Waals surface area (Å²) in [4.78, 5) is 13.4. The van der Waals surface area contributed by atoms with Gasteiger partial charge in [0.05, 0.1) is 0 Å². The molecule has 3 rings (SSSR count). The maximum atomic E-state index is 11.1. The van der Waals surface area contributed by atoms with E-state index in [-0.39, 0.29) is 12.1 Å². The van der Waals surface area contributed by atoms with Crippen LogP contribution >= 0.6 is 11.3 Å². The summed E-state index contributed by atoms with van der Waals surface area (Å²) in [5.41, 5.74) is 3.52. The van der Waals surface area contributed by atoms with Crippen LogP contribution in [-0.4, -0.2) is 5.97 Å². The standard InChI is InChI=1S/C16H16O3S/c1-9-4-5-14-13(6-9)16-12(8-18-14)7-15(20-16)10(2)19-11(3)17/h4-7,10H,8H2,1-3H3. The fraction of sp³-hybridized carbons (Fsp3) is 0.312. The van der Waals surface area contributed by atoms with E-state index in [4.69, 9.17) is 9.47 Å². The van der Waals surface area contributed by atoms with Crippen molar-refractivity contribution in [3.05, 3.63) is 40.3 Å². The average Bonchev–Trinajstić information content (AvgIpc) is 2.82. The van der Waals surface area contributed by atoms with Gasteiger partial charge in [-0.3, -0.25) is 4.79 Å². The van der Waals surface area contributed by atoms with Crippen LogP contribution in [0.2, 0.25) is 0 Å². The lowest BCUT2D eigenvalue weighted by molar-refractivity contribution is -0.145. The molecule has 1 unspecified atom stereocenters. The monoisotopic (exact) mass is 288 g/mol. The zero-order valence-electron chi connectivity index (χ0n) is 11.7. The number of thiophene rings is 1. The number of carbonyl (C=O) groups is 1. The highest BCUT2D eigenvalue weighted by molar-refractivity contribution is 7.15. The molecular formula is C16H16O3S. The third-order valence-corrected chi connectivity index (χ3v) is 4.71. The molecule has 0 aliphatic carbocycles. The Morgan fingerprint density at radius 3 is 2.95 bits per heavy atom. The van der Waals surface area contributed by atoms with Crippen molar-refractivity contribution >= 4 is 17.3 Å². The molecule has 0 bridgehead atoms. The van der Waals surface area contributed by atoms with Crippen LogP contribution < -0.4 is 4.74 Å². The van der Waals surface area contributed by atoms with E-state index >= 15 is 0 Å². The van der Waals surface area contributed by atoms with E-state index in [1.54, 1.807) is 11.3 Å². The Morgan fingerprint density at radius 1 is 1.40 bits per heavy atom. The van der Waals surface area contributed by atoms with Gasteiger partial charge in [-0.15, -0.1) is 11.3 Å². The Morgan fingerprint density at radius 2 is 2.20 bits per heavy atom. The molecule has 2 heterocycles. The number of ether oxygens (including phenoxy) is 2. The normalized spacial score (nSPS) is 13.9. The lowest BCUT2D eigenvalue weighted by Crippen LogP contribution is -2.03. The highest BCUT2D eigenvalue weighted by Gasteiger charge is 2.23. The number of hydrogen-bond donors (Lipinski definition) is 0. The van der Waals surface area contributed by atoms with Crippen molar-refractivity contribution in [3.63, 3.8) is 0 Å². The first-order valence-electron chi connectivity index (χ1n) is 6.58. The van der Waals surface area contributed by atoms with E-state index in [0.29, 0.717) is 6.61 Å². The number of fused-ring (bicyclic) bond motifs is 3. The highest BCUT2D eigenvalue weighted by atomic mass is 32.1. The first-order chi connectivity index (χ1) is 9.54. The number of benzene rings is 1. The van der Waals surface area contributed by atoms with Crippen LogP contribution in [0, 0.1) is 6.92 Å². The second-order valence-electron chi connectivity index (χ2n) is 5.04. The fourth-order valence-corrected chi connectivity index (χ4v) is 3.56. The number of aryl methyl sites for hydroxylation is 1. The van der Waals surface area contributed by atoms with Crippen molar-refractivity contribution in [1.29, 1.82) is 0 Å². The van der Waals surface area contributed by atoms with Crippen LogP contribution in [0.1, 0.15) is 36.0 Å². The molecule has 1 aromatic heterocycles. The minimum Gasteiger partial charge on any atom is -0.488 e. The Hall–Kier alpha value is -1.81. The van der Waals surface area contributed by atoms with Crippen LogP contribution in [0.3, 0.4) is 0 Å². The first-order valence-corrected chi connectivity index (χ1v) is 7.40. The van der Waals surface area contributed by atoms with E-state index in [9.17, 15) is 4.79 Å². The average molecular weight is 288 g/mol. The molecule has 0 spiro atoms. The predicted molar refractivity (Wildman–Crippen MR) is 79.0 cm³/mol. The predicted octanol–water partition coefficient (Wildman–Crippen LogP) is 4.24. The quantitative estimate of drug-likeness (QED) is 0.775. The van der Waals surface area contributed by atoms with E-state index in [1.807, 2.05) is 13.0 Å². The van der Waals surface area contributed by atoms with E-state index < -0.39 is 0 Å². The van der Waals surface area contributed by atoms with Crippen molar-refractivity contribution in [2.45, 2.75) is 33.5 Å².